The Morgan fingerprint density at radius 1 is 1.04 bits per heavy atom. The van der Waals surface area contributed by atoms with Gasteiger partial charge >= 0.3 is 0 Å². The van der Waals surface area contributed by atoms with Gasteiger partial charge < -0.3 is 0 Å². The van der Waals surface area contributed by atoms with Gasteiger partial charge in [-0.15, -0.1) is 0 Å². The van der Waals surface area contributed by atoms with E-state index in [4.69, 9.17) is 11.6 Å². The maximum Gasteiger partial charge on any atom is 0.287 e. The summed E-state index contributed by atoms with van der Waals surface area (Å²) in [7, 11) is 0. The SMILES string of the molecule is O=C(C[n+]1ccc(-c2ccc(Cl)cc2)nc1)c1ccc(F)cc1. The van der Waals surface area contributed by atoms with Crippen molar-refractivity contribution in [2.24, 2.45) is 0 Å². The fourth-order valence-corrected chi connectivity index (χ4v) is 2.29. The molecule has 0 aliphatic heterocycles. The first-order chi connectivity index (χ1) is 11.1. The summed E-state index contributed by atoms with van der Waals surface area (Å²) in [6.45, 7) is 0.152. The highest BCUT2D eigenvalue weighted by molar-refractivity contribution is 6.30. The van der Waals surface area contributed by atoms with Crippen molar-refractivity contribution in [3.05, 3.63) is 83.5 Å². The van der Waals surface area contributed by atoms with E-state index in [0.717, 1.165) is 11.3 Å². The number of nitrogens with zero attached hydrogens (tertiary/aromatic N) is 2. The van der Waals surface area contributed by atoms with Crippen molar-refractivity contribution in [1.82, 2.24) is 4.98 Å². The molecule has 23 heavy (non-hydrogen) atoms. The van der Waals surface area contributed by atoms with E-state index in [0.29, 0.717) is 10.6 Å². The normalized spacial score (nSPS) is 10.5. The molecule has 1 heterocycles. The Hall–Kier alpha value is -2.59. The molecule has 3 rings (SSSR count). The molecular weight excluding hydrogens is 315 g/mol. The van der Waals surface area contributed by atoms with Gasteiger partial charge in [0.2, 0.25) is 5.78 Å². The van der Waals surface area contributed by atoms with Gasteiger partial charge in [-0.2, -0.15) is 0 Å². The van der Waals surface area contributed by atoms with Gasteiger partial charge in [-0.25, -0.2) is 8.96 Å². The zero-order valence-corrected chi connectivity index (χ0v) is 12.9. The number of aromatic nitrogens is 2. The lowest BCUT2D eigenvalue weighted by Crippen LogP contribution is -2.37. The van der Waals surface area contributed by atoms with E-state index in [1.165, 1.54) is 24.3 Å². The van der Waals surface area contributed by atoms with Crippen LogP contribution in [0, 0.1) is 5.82 Å². The minimum Gasteiger partial charge on any atom is -0.290 e. The van der Waals surface area contributed by atoms with Crippen LogP contribution in [-0.4, -0.2) is 10.8 Å². The lowest BCUT2D eigenvalue weighted by atomic mass is 10.1. The van der Waals surface area contributed by atoms with Crippen molar-refractivity contribution in [2.75, 3.05) is 0 Å². The number of carbonyl (C=O) groups excluding carboxylic acids is 1. The Labute approximate surface area is 138 Å². The monoisotopic (exact) mass is 327 g/mol. The van der Waals surface area contributed by atoms with Gasteiger partial charge in [-0.3, -0.25) is 4.79 Å². The van der Waals surface area contributed by atoms with Crippen molar-refractivity contribution < 1.29 is 13.8 Å². The van der Waals surface area contributed by atoms with E-state index in [1.807, 2.05) is 18.2 Å². The minimum atomic E-state index is -0.358. The molecule has 2 aromatic carbocycles. The number of rotatable bonds is 4. The maximum atomic E-state index is 12.9. The summed E-state index contributed by atoms with van der Waals surface area (Å²) in [6.07, 6.45) is 3.39. The average Bonchev–Trinajstić information content (AvgIpc) is 2.57. The van der Waals surface area contributed by atoms with E-state index in [2.05, 4.69) is 4.98 Å². The lowest BCUT2D eigenvalue weighted by Gasteiger charge is -2.01. The highest BCUT2D eigenvalue weighted by Gasteiger charge is 2.12. The van der Waals surface area contributed by atoms with Crippen molar-refractivity contribution in [3.63, 3.8) is 0 Å². The fraction of sp³-hybridized carbons (Fsp3) is 0.0556. The van der Waals surface area contributed by atoms with Crippen LogP contribution in [0.15, 0.2) is 67.1 Å². The Kier molecular flexibility index (Phi) is 4.44. The summed E-state index contributed by atoms with van der Waals surface area (Å²) in [4.78, 5) is 16.5. The number of halogens is 2. The average molecular weight is 328 g/mol. The first-order valence-electron chi connectivity index (χ1n) is 7.01. The second-order valence-corrected chi connectivity index (χ2v) is 5.49. The van der Waals surface area contributed by atoms with E-state index in [1.54, 1.807) is 29.2 Å². The minimum absolute atomic E-state index is 0.101. The number of carbonyl (C=O) groups is 1. The molecule has 0 spiro atoms. The molecule has 0 saturated carbocycles. The Bertz CT molecular complexity index is 815. The number of hydrogen-bond acceptors (Lipinski definition) is 2. The largest absolute Gasteiger partial charge is 0.290 e. The van der Waals surface area contributed by atoms with E-state index >= 15 is 0 Å². The number of Topliss-reactive ketones (excluding diaryl/α,β-unsaturated/α-hetero) is 1. The third-order valence-corrected chi connectivity index (χ3v) is 3.65. The van der Waals surface area contributed by atoms with Crippen LogP contribution < -0.4 is 4.57 Å². The Morgan fingerprint density at radius 3 is 2.35 bits per heavy atom. The molecule has 114 valence electrons. The van der Waals surface area contributed by atoms with Crippen LogP contribution in [0.3, 0.4) is 0 Å². The maximum absolute atomic E-state index is 12.9. The molecule has 0 amide bonds. The molecular formula is C18H13ClFN2O+. The predicted molar refractivity (Wildman–Crippen MR) is 85.6 cm³/mol. The first kappa shape index (κ1) is 15.3. The van der Waals surface area contributed by atoms with Crippen molar-refractivity contribution in [2.45, 2.75) is 6.54 Å². The molecule has 0 bridgehead atoms. The second-order valence-electron chi connectivity index (χ2n) is 5.05. The molecule has 0 unspecified atom stereocenters. The summed E-state index contributed by atoms with van der Waals surface area (Å²) < 4.78 is 14.6. The van der Waals surface area contributed by atoms with E-state index in [-0.39, 0.29) is 18.1 Å². The smallest absolute Gasteiger partial charge is 0.287 e. The number of ketones is 1. The molecule has 0 aliphatic carbocycles. The van der Waals surface area contributed by atoms with Crippen molar-refractivity contribution in [1.29, 1.82) is 0 Å². The first-order valence-corrected chi connectivity index (χ1v) is 7.39. The van der Waals surface area contributed by atoms with E-state index < -0.39 is 0 Å². The molecule has 5 heteroatoms. The Balaban J connectivity index is 1.73. The summed E-state index contributed by atoms with van der Waals surface area (Å²) in [5.74, 6) is -0.459. The molecule has 0 N–H and O–H groups in total. The lowest BCUT2D eigenvalue weighted by molar-refractivity contribution is -0.686. The van der Waals surface area contributed by atoms with Crippen molar-refractivity contribution in [3.8, 4) is 11.3 Å². The van der Waals surface area contributed by atoms with Crippen molar-refractivity contribution >= 4 is 17.4 Å². The predicted octanol–water partition coefficient (Wildman–Crippen LogP) is 3.71. The van der Waals surface area contributed by atoms with Crippen LogP contribution in [0.2, 0.25) is 5.02 Å². The summed E-state index contributed by atoms with van der Waals surface area (Å²) >= 11 is 5.86. The molecule has 0 aliphatic rings. The van der Waals surface area contributed by atoms with Crippen LogP contribution in [0.25, 0.3) is 11.3 Å². The van der Waals surface area contributed by atoms with Gasteiger partial charge in [0, 0.05) is 22.2 Å². The number of benzene rings is 2. The van der Waals surface area contributed by atoms with Gasteiger partial charge in [0.15, 0.2) is 12.2 Å². The standard InChI is InChI=1S/C18H13ClFN2O/c19-15-5-1-13(2-6-15)17-9-10-22(12-21-17)11-18(23)14-3-7-16(20)8-4-14/h1-10,12H,11H2/q+1. The van der Waals surface area contributed by atoms with Crippen LogP contribution in [0.1, 0.15) is 10.4 Å². The van der Waals surface area contributed by atoms with Crippen LogP contribution in [0.5, 0.6) is 0 Å². The topological polar surface area (TPSA) is 33.8 Å². The highest BCUT2D eigenvalue weighted by atomic mass is 35.5. The summed E-state index contributed by atoms with van der Waals surface area (Å²) in [6, 6.07) is 14.7. The van der Waals surface area contributed by atoms with Gasteiger partial charge in [0.05, 0.1) is 6.20 Å². The van der Waals surface area contributed by atoms with E-state index in [9.17, 15) is 9.18 Å². The molecule has 0 fully saturated rings. The molecule has 0 saturated heterocycles. The quantitative estimate of drug-likeness (QED) is 0.540. The molecule has 1 aromatic heterocycles. The molecule has 3 aromatic rings. The molecule has 3 nitrogen and oxygen atoms in total. The number of hydrogen-bond donors (Lipinski definition) is 0. The van der Waals surface area contributed by atoms with Crippen LogP contribution >= 0.6 is 11.6 Å². The van der Waals surface area contributed by atoms with Crippen LogP contribution in [0.4, 0.5) is 4.39 Å². The summed E-state index contributed by atoms with van der Waals surface area (Å²) in [5.41, 5.74) is 2.22. The Morgan fingerprint density at radius 2 is 1.74 bits per heavy atom. The van der Waals surface area contributed by atoms with Gasteiger partial charge in [0.25, 0.3) is 6.33 Å². The zero-order valence-electron chi connectivity index (χ0n) is 12.1. The van der Waals surface area contributed by atoms with Gasteiger partial charge in [-0.05, 0) is 53.5 Å². The zero-order chi connectivity index (χ0) is 16.2. The van der Waals surface area contributed by atoms with Crippen LogP contribution in [-0.2, 0) is 6.54 Å². The highest BCUT2D eigenvalue weighted by Crippen LogP contribution is 2.18. The second kappa shape index (κ2) is 6.67. The third kappa shape index (κ3) is 3.79. The van der Waals surface area contributed by atoms with Gasteiger partial charge in [-0.1, -0.05) is 11.6 Å². The third-order valence-electron chi connectivity index (χ3n) is 3.40. The van der Waals surface area contributed by atoms with Gasteiger partial charge in [0.1, 0.15) is 5.82 Å². The molecule has 0 atom stereocenters. The fourth-order valence-electron chi connectivity index (χ4n) is 2.16. The molecule has 0 radical (unpaired) electrons. The summed E-state index contributed by atoms with van der Waals surface area (Å²) in [5, 5.41) is 0.671.